The first-order valence-electron chi connectivity index (χ1n) is 4.42. The summed E-state index contributed by atoms with van der Waals surface area (Å²) < 4.78 is 4.72. The topological polar surface area (TPSA) is 29.5 Å². The van der Waals surface area contributed by atoms with Crippen molar-refractivity contribution in [2.45, 2.75) is 6.92 Å². The van der Waals surface area contributed by atoms with Gasteiger partial charge in [0.15, 0.2) is 0 Å². The minimum absolute atomic E-state index is 0.294. The third kappa shape index (κ3) is 2.05. The van der Waals surface area contributed by atoms with Crippen molar-refractivity contribution in [3.05, 3.63) is 29.3 Å². The van der Waals surface area contributed by atoms with Gasteiger partial charge in [-0.05, 0) is 19.1 Å². The molecule has 0 saturated heterocycles. The minimum atomic E-state index is -0.294. The molecule has 0 aromatic heterocycles. The number of hydrogen-bond acceptors (Lipinski definition) is 3. The Balaban J connectivity index is 3.22. The molecule has 0 atom stereocenters. The number of methoxy groups -OCH3 is 1. The van der Waals surface area contributed by atoms with Crippen LogP contribution in [-0.4, -0.2) is 27.2 Å². The molecule has 0 saturated carbocycles. The van der Waals surface area contributed by atoms with Crippen LogP contribution >= 0.6 is 0 Å². The van der Waals surface area contributed by atoms with Crippen LogP contribution in [0.1, 0.15) is 15.9 Å². The summed E-state index contributed by atoms with van der Waals surface area (Å²) in [4.78, 5) is 13.3. The van der Waals surface area contributed by atoms with E-state index in [-0.39, 0.29) is 5.97 Å². The molecule has 0 unspecified atom stereocenters. The predicted octanol–water partition coefficient (Wildman–Crippen LogP) is 1.85. The largest absolute Gasteiger partial charge is 0.465 e. The lowest BCUT2D eigenvalue weighted by molar-refractivity contribution is 0.0601. The number of rotatable bonds is 2. The van der Waals surface area contributed by atoms with E-state index in [1.165, 1.54) is 7.11 Å². The van der Waals surface area contributed by atoms with Crippen LogP contribution in [0.25, 0.3) is 0 Å². The highest BCUT2D eigenvalue weighted by Gasteiger charge is 2.12. The number of benzene rings is 1. The van der Waals surface area contributed by atoms with E-state index < -0.39 is 0 Å². The van der Waals surface area contributed by atoms with Crippen LogP contribution in [0.15, 0.2) is 18.2 Å². The first-order valence-corrected chi connectivity index (χ1v) is 4.42. The molecule has 14 heavy (non-hydrogen) atoms. The fourth-order valence-electron chi connectivity index (χ4n) is 1.31. The van der Waals surface area contributed by atoms with Gasteiger partial charge in [-0.1, -0.05) is 11.6 Å². The molecule has 0 aliphatic rings. The second-order valence-corrected chi connectivity index (χ2v) is 3.41. The van der Waals surface area contributed by atoms with Crippen molar-refractivity contribution < 1.29 is 9.53 Å². The van der Waals surface area contributed by atoms with Crippen molar-refractivity contribution >= 4 is 11.7 Å². The van der Waals surface area contributed by atoms with Crippen molar-refractivity contribution in [2.24, 2.45) is 0 Å². The molecule has 0 aliphatic heterocycles. The molecule has 3 nitrogen and oxygen atoms in total. The maximum Gasteiger partial charge on any atom is 0.339 e. The Morgan fingerprint density at radius 1 is 1.36 bits per heavy atom. The zero-order valence-electron chi connectivity index (χ0n) is 9.00. The smallest absolute Gasteiger partial charge is 0.339 e. The average Bonchev–Trinajstić information content (AvgIpc) is 2.16. The second-order valence-electron chi connectivity index (χ2n) is 3.41. The van der Waals surface area contributed by atoms with Gasteiger partial charge >= 0.3 is 5.97 Å². The summed E-state index contributed by atoms with van der Waals surface area (Å²) in [6.45, 7) is 1.95. The Kier molecular flexibility index (Phi) is 3.12. The first-order chi connectivity index (χ1) is 6.56. The van der Waals surface area contributed by atoms with Gasteiger partial charge in [0.1, 0.15) is 0 Å². The van der Waals surface area contributed by atoms with Crippen LogP contribution in [0, 0.1) is 6.92 Å². The van der Waals surface area contributed by atoms with Crippen LogP contribution in [-0.2, 0) is 4.74 Å². The van der Waals surface area contributed by atoms with Gasteiger partial charge in [-0.2, -0.15) is 0 Å². The van der Waals surface area contributed by atoms with Crippen molar-refractivity contribution in [3.63, 3.8) is 0 Å². The van der Waals surface area contributed by atoms with Crippen LogP contribution in [0.2, 0.25) is 0 Å². The van der Waals surface area contributed by atoms with E-state index in [0.29, 0.717) is 5.56 Å². The number of carbonyl (C=O) groups is 1. The maximum atomic E-state index is 11.4. The molecule has 0 bridgehead atoms. The summed E-state index contributed by atoms with van der Waals surface area (Å²) in [5, 5.41) is 0. The van der Waals surface area contributed by atoms with Crippen LogP contribution in [0.3, 0.4) is 0 Å². The fourth-order valence-corrected chi connectivity index (χ4v) is 1.31. The van der Waals surface area contributed by atoms with E-state index in [2.05, 4.69) is 0 Å². The number of anilines is 1. The number of ether oxygens (including phenoxy) is 1. The molecule has 1 aromatic carbocycles. The Morgan fingerprint density at radius 3 is 2.50 bits per heavy atom. The Hall–Kier alpha value is -1.51. The highest BCUT2D eigenvalue weighted by atomic mass is 16.5. The zero-order valence-corrected chi connectivity index (χ0v) is 9.00. The summed E-state index contributed by atoms with van der Waals surface area (Å²) in [6.07, 6.45) is 0. The number of esters is 1. The molecule has 1 aromatic rings. The molecule has 0 fully saturated rings. The molecule has 0 aliphatic carbocycles. The molecule has 0 amide bonds. The highest BCUT2D eigenvalue weighted by molar-refractivity contribution is 5.96. The van der Waals surface area contributed by atoms with Gasteiger partial charge in [0, 0.05) is 14.1 Å². The summed E-state index contributed by atoms with van der Waals surface area (Å²) >= 11 is 0. The molecular formula is C11H15NO2. The molecule has 76 valence electrons. The number of hydrogen-bond donors (Lipinski definition) is 0. The monoisotopic (exact) mass is 193 g/mol. The third-order valence-corrected chi connectivity index (χ3v) is 2.04. The van der Waals surface area contributed by atoms with E-state index in [9.17, 15) is 4.79 Å². The molecule has 0 radical (unpaired) electrons. The molecule has 0 heterocycles. The first kappa shape index (κ1) is 10.6. The lowest BCUT2D eigenvalue weighted by atomic mass is 10.1. The van der Waals surface area contributed by atoms with E-state index in [1.54, 1.807) is 0 Å². The number of nitrogens with zero attached hydrogens (tertiary/aromatic N) is 1. The Morgan fingerprint density at radius 2 is 2.00 bits per heavy atom. The standard InChI is InChI=1S/C11H15NO2/c1-8-5-6-10(12(2)3)9(7-8)11(13)14-4/h5-7H,1-4H3. The van der Waals surface area contributed by atoms with Crippen molar-refractivity contribution in [1.29, 1.82) is 0 Å². The van der Waals surface area contributed by atoms with Gasteiger partial charge in [-0.3, -0.25) is 0 Å². The van der Waals surface area contributed by atoms with Gasteiger partial charge in [0.2, 0.25) is 0 Å². The summed E-state index contributed by atoms with van der Waals surface area (Å²) in [6, 6.07) is 5.73. The van der Waals surface area contributed by atoms with Gasteiger partial charge in [0.25, 0.3) is 0 Å². The summed E-state index contributed by atoms with van der Waals surface area (Å²) in [5.41, 5.74) is 2.54. The minimum Gasteiger partial charge on any atom is -0.465 e. The number of carbonyl (C=O) groups excluding carboxylic acids is 1. The Labute approximate surface area is 84.3 Å². The SMILES string of the molecule is COC(=O)c1cc(C)ccc1N(C)C. The predicted molar refractivity (Wildman–Crippen MR) is 56.8 cm³/mol. The van der Waals surface area contributed by atoms with E-state index in [1.807, 2.05) is 44.1 Å². The van der Waals surface area contributed by atoms with Gasteiger partial charge in [-0.15, -0.1) is 0 Å². The molecule has 0 spiro atoms. The zero-order chi connectivity index (χ0) is 10.7. The lowest BCUT2D eigenvalue weighted by Crippen LogP contribution is -2.14. The Bertz CT molecular complexity index is 345. The van der Waals surface area contributed by atoms with Crippen molar-refractivity contribution in [1.82, 2.24) is 0 Å². The van der Waals surface area contributed by atoms with E-state index >= 15 is 0 Å². The summed E-state index contributed by atoms with van der Waals surface area (Å²) in [5.74, 6) is -0.294. The van der Waals surface area contributed by atoms with Crippen LogP contribution in [0.4, 0.5) is 5.69 Å². The van der Waals surface area contributed by atoms with Crippen LogP contribution in [0.5, 0.6) is 0 Å². The van der Waals surface area contributed by atoms with Crippen molar-refractivity contribution in [3.8, 4) is 0 Å². The maximum absolute atomic E-state index is 11.4. The van der Waals surface area contributed by atoms with E-state index in [0.717, 1.165) is 11.3 Å². The third-order valence-electron chi connectivity index (χ3n) is 2.04. The van der Waals surface area contributed by atoms with Crippen molar-refractivity contribution in [2.75, 3.05) is 26.1 Å². The quantitative estimate of drug-likeness (QED) is 0.671. The summed E-state index contributed by atoms with van der Waals surface area (Å²) in [7, 11) is 5.19. The average molecular weight is 193 g/mol. The highest BCUT2D eigenvalue weighted by Crippen LogP contribution is 2.20. The van der Waals surface area contributed by atoms with Gasteiger partial charge < -0.3 is 9.64 Å². The molecule has 0 N–H and O–H groups in total. The number of aryl methyl sites for hydroxylation is 1. The second kappa shape index (κ2) is 4.13. The molecule has 1 rings (SSSR count). The fraction of sp³-hybridized carbons (Fsp3) is 0.364. The van der Waals surface area contributed by atoms with E-state index in [4.69, 9.17) is 4.74 Å². The van der Waals surface area contributed by atoms with Gasteiger partial charge in [-0.25, -0.2) is 4.79 Å². The normalized spacial score (nSPS) is 9.71. The van der Waals surface area contributed by atoms with Gasteiger partial charge in [0.05, 0.1) is 18.4 Å². The molecule has 3 heteroatoms. The molecular weight excluding hydrogens is 178 g/mol. The lowest BCUT2D eigenvalue weighted by Gasteiger charge is -2.16. The van der Waals surface area contributed by atoms with Crippen LogP contribution < -0.4 is 4.90 Å².